The van der Waals surface area contributed by atoms with Gasteiger partial charge in [0, 0.05) is 25.7 Å². The molecule has 1 saturated heterocycles. The van der Waals surface area contributed by atoms with Crippen LogP contribution in [0.4, 0.5) is 0 Å². The number of nitrogens with one attached hydrogen (secondary N) is 2. The fourth-order valence-corrected chi connectivity index (χ4v) is 2.05. The van der Waals surface area contributed by atoms with Crippen LogP contribution in [0.2, 0.25) is 5.02 Å². The molecule has 0 radical (unpaired) electrons. The Morgan fingerprint density at radius 3 is 2.87 bits per heavy atom. The van der Waals surface area contributed by atoms with Crippen LogP contribution in [0.5, 0.6) is 5.75 Å². The zero-order chi connectivity index (χ0) is 10.7. The van der Waals surface area contributed by atoms with Crippen molar-refractivity contribution in [3.8, 4) is 5.75 Å². The second kappa shape index (κ2) is 4.84. The first kappa shape index (κ1) is 10.7. The van der Waals surface area contributed by atoms with Crippen molar-refractivity contribution in [2.24, 2.45) is 0 Å². The van der Waals surface area contributed by atoms with Crippen LogP contribution in [0.3, 0.4) is 0 Å². The molecule has 2 rings (SSSR count). The van der Waals surface area contributed by atoms with E-state index in [9.17, 15) is 0 Å². The molecule has 0 amide bonds. The highest BCUT2D eigenvalue weighted by Crippen LogP contribution is 2.27. The third kappa shape index (κ3) is 2.43. The number of hydrogen-bond acceptors (Lipinski definition) is 3. The molecule has 15 heavy (non-hydrogen) atoms. The molecule has 0 spiro atoms. The summed E-state index contributed by atoms with van der Waals surface area (Å²) in [5, 5.41) is 7.45. The average molecular weight is 227 g/mol. The summed E-state index contributed by atoms with van der Waals surface area (Å²) >= 11 is 6.08. The molecular formula is C11H15ClN2O. The molecule has 1 heterocycles. The van der Waals surface area contributed by atoms with Crippen molar-refractivity contribution >= 4 is 11.6 Å². The summed E-state index contributed by atoms with van der Waals surface area (Å²) in [6.07, 6.45) is 0. The quantitative estimate of drug-likeness (QED) is 0.804. The SMILES string of the molecule is COc1ccc(C2CNCCN2)cc1Cl. The molecule has 0 aromatic heterocycles. The topological polar surface area (TPSA) is 33.3 Å². The Morgan fingerprint density at radius 1 is 1.40 bits per heavy atom. The lowest BCUT2D eigenvalue weighted by Gasteiger charge is -2.25. The molecule has 4 heteroatoms. The molecule has 1 aliphatic rings. The van der Waals surface area contributed by atoms with Gasteiger partial charge in [0.15, 0.2) is 0 Å². The Kier molecular flexibility index (Phi) is 3.46. The minimum Gasteiger partial charge on any atom is -0.495 e. The van der Waals surface area contributed by atoms with Crippen LogP contribution in [0, 0.1) is 0 Å². The van der Waals surface area contributed by atoms with E-state index in [1.807, 2.05) is 12.1 Å². The number of halogens is 1. The first-order valence-electron chi connectivity index (χ1n) is 5.09. The summed E-state index contributed by atoms with van der Waals surface area (Å²) in [4.78, 5) is 0. The van der Waals surface area contributed by atoms with E-state index in [0.717, 1.165) is 25.4 Å². The van der Waals surface area contributed by atoms with Crippen LogP contribution in [0.1, 0.15) is 11.6 Å². The Bertz CT molecular complexity index is 337. The minimum atomic E-state index is 0.349. The van der Waals surface area contributed by atoms with Crippen molar-refractivity contribution in [1.82, 2.24) is 10.6 Å². The van der Waals surface area contributed by atoms with Crippen molar-refractivity contribution < 1.29 is 4.74 Å². The third-order valence-corrected chi connectivity index (χ3v) is 2.91. The van der Waals surface area contributed by atoms with Gasteiger partial charge in [-0.05, 0) is 17.7 Å². The first-order chi connectivity index (χ1) is 7.31. The number of rotatable bonds is 2. The molecular weight excluding hydrogens is 212 g/mol. The summed E-state index contributed by atoms with van der Waals surface area (Å²) in [5.41, 5.74) is 1.20. The highest BCUT2D eigenvalue weighted by atomic mass is 35.5. The van der Waals surface area contributed by atoms with Gasteiger partial charge in [0.05, 0.1) is 12.1 Å². The molecule has 0 aliphatic carbocycles. The van der Waals surface area contributed by atoms with E-state index in [-0.39, 0.29) is 0 Å². The molecule has 1 aromatic carbocycles. The predicted octanol–water partition coefficient (Wildman–Crippen LogP) is 1.58. The van der Waals surface area contributed by atoms with E-state index in [2.05, 4.69) is 16.7 Å². The van der Waals surface area contributed by atoms with Gasteiger partial charge in [0.1, 0.15) is 5.75 Å². The van der Waals surface area contributed by atoms with Crippen molar-refractivity contribution in [2.45, 2.75) is 6.04 Å². The van der Waals surface area contributed by atoms with Gasteiger partial charge in [0.2, 0.25) is 0 Å². The monoisotopic (exact) mass is 226 g/mol. The predicted molar refractivity (Wildman–Crippen MR) is 61.6 cm³/mol. The Balaban J connectivity index is 2.17. The van der Waals surface area contributed by atoms with Crippen molar-refractivity contribution in [3.05, 3.63) is 28.8 Å². The van der Waals surface area contributed by atoms with E-state index in [0.29, 0.717) is 11.1 Å². The summed E-state index contributed by atoms with van der Waals surface area (Å²) in [7, 11) is 1.63. The molecule has 3 nitrogen and oxygen atoms in total. The van der Waals surface area contributed by atoms with Gasteiger partial charge >= 0.3 is 0 Å². The second-order valence-corrected chi connectivity index (χ2v) is 4.01. The van der Waals surface area contributed by atoms with Crippen LogP contribution in [0.25, 0.3) is 0 Å². The van der Waals surface area contributed by atoms with E-state index in [1.165, 1.54) is 5.56 Å². The van der Waals surface area contributed by atoms with Crippen LogP contribution in [0.15, 0.2) is 18.2 Å². The number of piperazine rings is 1. The number of benzene rings is 1. The van der Waals surface area contributed by atoms with Gasteiger partial charge in [0.25, 0.3) is 0 Å². The second-order valence-electron chi connectivity index (χ2n) is 3.60. The maximum atomic E-state index is 6.08. The van der Waals surface area contributed by atoms with Gasteiger partial charge in [-0.3, -0.25) is 0 Å². The lowest BCUT2D eigenvalue weighted by molar-refractivity contribution is 0.412. The van der Waals surface area contributed by atoms with Crippen molar-refractivity contribution in [2.75, 3.05) is 26.7 Å². The van der Waals surface area contributed by atoms with Crippen molar-refractivity contribution in [1.29, 1.82) is 0 Å². The largest absolute Gasteiger partial charge is 0.495 e. The summed E-state index contributed by atoms with van der Waals surface area (Å²) in [5.74, 6) is 0.726. The maximum Gasteiger partial charge on any atom is 0.137 e. The smallest absolute Gasteiger partial charge is 0.137 e. The summed E-state index contributed by atoms with van der Waals surface area (Å²) < 4.78 is 5.12. The zero-order valence-corrected chi connectivity index (χ0v) is 9.47. The van der Waals surface area contributed by atoms with Gasteiger partial charge in [-0.1, -0.05) is 17.7 Å². The minimum absolute atomic E-state index is 0.349. The van der Waals surface area contributed by atoms with E-state index < -0.39 is 0 Å². The number of ether oxygens (including phenoxy) is 1. The molecule has 0 bridgehead atoms. The summed E-state index contributed by atoms with van der Waals surface area (Å²) in [6.45, 7) is 2.97. The normalized spacial score (nSPS) is 21.3. The third-order valence-electron chi connectivity index (χ3n) is 2.62. The Morgan fingerprint density at radius 2 is 2.27 bits per heavy atom. The Labute approximate surface area is 94.8 Å². The Hall–Kier alpha value is -0.770. The fraction of sp³-hybridized carbons (Fsp3) is 0.455. The molecule has 1 unspecified atom stereocenters. The van der Waals surface area contributed by atoms with Gasteiger partial charge < -0.3 is 15.4 Å². The molecule has 1 fully saturated rings. The molecule has 1 atom stereocenters. The number of methoxy groups -OCH3 is 1. The fourth-order valence-electron chi connectivity index (χ4n) is 1.79. The highest BCUT2D eigenvalue weighted by molar-refractivity contribution is 6.32. The van der Waals surface area contributed by atoms with E-state index in [1.54, 1.807) is 7.11 Å². The first-order valence-corrected chi connectivity index (χ1v) is 5.46. The van der Waals surface area contributed by atoms with Gasteiger partial charge in [-0.2, -0.15) is 0 Å². The van der Waals surface area contributed by atoms with Crippen LogP contribution in [-0.2, 0) is 0 Å². The van der Waals surface area contributed by atoms with Gasteiger partial charge in [-0.25, -0.2) is 0 Å². The van der Waals surface area contributed by atoms with Crippen molar-refractivity contribution in [3.63, 3.8) is 0 Å². The summed E-state index contributed by atoms with van der Waals surface area (Å²) in [6, 6.07) is 6.27. The molecule has 0 saturated carbocycles. The van der Waals surface area contributed by atoms with E-state index in [4.69, 9.17) is 16.3 Å². The zero-order valence-electron chi connectivity index (χ0n) is 8.72. The van der Waals surface area contributed by atoms with Crippen LogP contribution < -0.4 is 15.4 Å². The van der Waals surface area contributed by atoms with Gasteiger partial charge in [-0.15, -0.1) is 0 Å². The maximum absolute atomic E-state index is 6.08. The highest BCUT2D eigenvalue weighted by Gasteiger charge is 2.15. The number of hydrogen-bond donors (Lipinski definition) is 2. The van der Waals surface area contributed by atoms with Crippen LogP contribution >= 0.6 is 11.6 Å². The molecule has 2 N–H and O–H groups in total. The van der Waals surface area contributed by atoms with E-state index >= 15 is 0 Å². The molecule has 82 valence electrons. The molecule has 1 aromatic rings. The standard InChI is InChI=1S/C11H15ClN2O/c1-15-11-3-2-8(6-9(11)12)10-7-13-4-5-14-10/h2-3,6,10,13-14H,4-5,7H2,1H3. The molecule has 1 aliphatic heterocycles. The lowest BCUT2D eigenvalue weighted by Crippen LogP contribution is -2.42. The average Bonchev–Trinajstić information content (AvgIpc) is 2.30. The van der Waals surface area contributed by atoms with Crippen LogP contribution in [-0.4, -0.2) is 26.7 Å². The lowest BCUT2D eigenvalue weighted by atomic mass is 10.1.